The second-order valence-corrected chi connectivity index (χ2v) is 15.6. The van der Waals surface area contributed by atoms with Crippen LogP contribution in [0.2, 0.25) is 0 Å². The fraction of sp³-hybridized carbons (Fsp3) is 0.154. The Balaban J connectivity index is 0.000000117. The molecule has 0 saturated heterocycles. The fourth-order valence-corrected chi connectivity index (χ4v) is 8.23. The predicted octanol–water partition coefficient (Wildman–Crippen LogP) is 13.6. The van der Waals surface area contributed by atoms with Crippen LogP contribution in [-0.2, 0) is 10.8 Å². The number of para-hydroxylation sites is 2. The molecule has 0 atom stereocenters. The molecule has 0 N–H and O–H groups in total. The number of rotatable bonds is 2. The van der Waals surface area contributed by atoms with Gasteiger partial charge in [-0.3, -0.25) is 0 Å². The summed E-state index contributed by atoms with van der Waals surface area (Å²) in [5, 5.41) is 0. The first kappa shape index (κ1) is 34.9. The Bertz CT molecular complexity index is 2430. The van der Waals surface area contributed by atoms with Crippen LogP contribution in [0.1, 0.15) is 61.1 Å². The van der Waals surface area contributed by atoms with E-state index in [4.69, 9.17) is 9.97 Å². The molecule has 0 spiro atoms. The Kier molecular flexibility index (Phi) is 9.07. The fourth-order valence-electron chi connectivity index (χ4n) is 8.23. The first-order chi connectivity index (χ1) is 26.1. The molecule has 0 bridgehead atoms. The summed E-state index contributed by atoms with van der Waals surface area (Å²) in [6.07, 6.45) is 0. The van der Waals surface area contributed by atoms with E-state index < -0.39 is 0 Å². The van der Waals surface area contributed by atoms with E-state index in [1.165, 1.54) is 55.6 Å². The lowest BCUT2D eigenvalue weighted by molar-refractivity contribution is 0.659. The van der Waals surface area contributed by atoms with Crippen molar-refractivity contribution in [3.05, 3.63) is 203 Å². The summed E-state index contributed by atoms with van der Waals surface area (Å²) in [7, 11) is 0. The average molecular weight is 699 g/mol. The van der Waals surface area contributed by atoms with Crippen LogP contribution in [0.25, 0.3) is 55.8 Å². The smallest absolute Gasteiger partial charge is 0.0973 e. The zero-order chi connectivity index (χ0) is 37.5. The van der Waals surface area contributed by atoms with Gasteiger partial charge in [0.25, 0.3) is 0 Å². The van der Waals surface area contributed by atoms with Crippen molar-refractivity contribution in [2.24, 2.45) is 0 Å². The molecular formula is C52H46N2. The van der Waals surface area contributed by atoms with Crippen LogP contribution < -0.4 is 0 Å². The van der Waals surface area contributed by atoms with Gasteiger partial charge in [0.1, 0.15) is 0 Å². The summed E-state index contributed by atoms with van der Waals surface area (Å²) in [6, 6.07) is 59.5. The Morgan fingerprint density at radius 1 is 0.333 bits per heavy atom. The lowest BCUT2D eigenvalue weighted by Crippen LogP contribution is -2.14. The van der Waals surface area contributed by atoms with E-state index in [0.29, 0.717) is 0 Å². The van der Waals surface area contributed by atoms with E-state index in [1.54, 1.807) is 0 Å². The molecule has 0 unspecified atom stereocenters. The van der Waals surface area contributed by atoms with Crippen molar-refractivity contribution >= 4 is 11.0 Å². The van der Waals surface area contributed by atoms with Crippen LogP contribution in [0.5, 0.6) is 0 Å². The number of hydrogen-bond donors (Lipinski definition) is 0. The van der Waals surface area contributed by atoms with Crippen molar-refractivity contribution in [3.8, 4) is 44.8 Å². The summed E-state index contributed by atoms with van der Waals surface area (Å²) in [5.74, 6) is 0. The molecule has 0 radical (unpaired) electrons. The summed E-state index contributed by atoms with van der Waals surface area (Å²) in [4.78, 5) is 9.72. The Morgan fingerprint density at radius 3 is 1.07 bits per heavy atom. The molecule has 2 nitrogen and oxygen atoms in total. The number of benzene rings is 7. The highest BCUT2D eigenvalue weighted by Gasteiger charge is 2.35. The molecule has 1 heterocycles. The molecule has 2 aliphatic carbocycles. The van der Waals surface area contributed by atoms with Gasteiger partial charge < -0.3 is 0 Å². The number of aryl methyl sites for hydroxylation is 2. The van der Waals surface area contributed by atoms with Crippen LogP contribution in [0.4, 0.5) is 0 Å². The zero-order valence-corrected chi connectivity index (χ0v) is 32.1. The maximum Gasteiger partial charge on any atom is 0.0973 e. The van der Waals surface area contributed by atoms with Gasteiger partial charge in [-0.25, -0.2) is 9.97 Å². The minimum Gasteiger partial charge on any atom is -0.244 e. The third-order valence-corrected chi connectivity index (χ3v) is 11.1. The summed E-state index contributed by atoms with van der Waals surface area (Å²) < 4.78 is 0. The molecule has 0 aliphatic heterocycles. The number of aromatic nitrogens is 2. The van der Waals surface area contributed by atoms with E-state index in [1.807, 2.05) is 60.7 Å². The minimum atomic E-state index is 0.151. The molecule has 1 aromatic heterocycles. The first-order valence-electron chi connectivity index (χ1n) is 18.9. The Morgan fingerprint density at radius 2 is 0.667 bits per heavy atom. The van der Waals surface area contributed by atoms with E-state index >= 15 is 0 Å². The summed E-state index contributed by atoms with van der Waals surface area (Å²) >= 11 is 0. The highest BCUT2D eigenvalue weighted by atomic mass is 14.8. The third kappa shape index (κ3) is 6.32. The highest BCUT2D eigenvalue weighted by Crippen LogP contribution is 2.49. The van der Waals surface area contributed by atoms with Crippen LogP contribution in [-0.4, -0.2) is 9.97 Å². The summed E-state index contributed by atoms with van der Waals surface area (Å²) in [5.41, 5.74) is 20.3. The van der Waals surface area contributed by atoms with Crippen molar-refractivity contribution in [3.63, 3.8) is 0 Å². The lowest BCUT2D eigenvalue weighted by Gasteiger charge is -2.21. The number of nitrogens with zero attached hydrogens (tertiary/aromatic N) is 2. The Hall–Kier alpha value is -6.12. The minimum absolute atomic E-state index is 0.151. The molecule has 0 saturated carbocycles. The van der Waals surface area contributed by atoms with Crippen LogP contribution >= 0.6 is 0 Å². The maximum atomic E-state index is 4.86. The van der Waals surface area contributed by atoms with Gasteiger partial charge in [-0.15, -0.1) is 0 Å². The number of fused-ring (bicyclic) bond motifs is 7. The lowest BCUT2D eigenvalue weighted by atomic mass is 9.82. The van der Waals surface area contributed by atoms with Gasteiger partial charge in [-0.05, 0) is 70.5 Å². The van der Waals surface area contributed by atoms with Crippen LogP contribution in [0.3, 0.4) is 0 Å². The largest absolute Gasteiger partial charge is 0.244 e. The maximum absolute atomic E-state index is 4.86. The topological polar surface area (TPSA) is 25.8 Å². The molecule has 0 fully saturated rings. The second kappa shape index (κ2) is 14.0. The molecular weight excluding hydrogens is 653 g/mol. The monoisotopic (exact) mass is 698 g/mol. The standard InChI is InChI=1S/C20H14N2.2C16H16/c1-3-9-15(10-4-1)19-20(16-11-5-2-6-12-16)22-18-14-8-7-13-17(18)21-19;2*1-11-8-9-13-12-6-4-5-7-14(12)16(2,3)15(13)10-11/h1-14H;2*4-10H,1-3H3. The highest BCUT2D eigenvalue weighted by molar-refractivity contribution is 5.86. The van der Waals surface area contributed by atoms with Crippen LogP contribution in [0, 0.1) is 13.8 Å². The normalized spacial score (nSPS) is 13.7. The van der Waals surface area contributed by atoms with Crippen molar-refractivity contribution in [1.29, 1.82) is 0 Å². The molecule has 8 aromatic rings. The van der Waals surface area contributed by atoms with Crippen molar-refractivity contribution in [1.82, 2.24) is 9.97 Å². The van der Waals surface area contributed by atoms with Gasteiger partial charge in [0, 0.05) is 22.0 Å². The van der Waals surface area contributed by atoms with Gasteiger partial charge in [0.15, 0.2) is 0 Å². The molecule has 10 rings (SSSR count). The SMILES string of the molecule is Cc1ccc2c(c1)C(C)(C)c1ccccc1-2.Cc1ccc2c(c1)C(C)(C)c1ccccc1-2.c1ccc(-c2nc3ccccc3nc2-c2ccccc2)cc1. The Labute approximate surface area is 320 Å². The van der Waals surface area contributed by atoms with Crippen LogP contribution in [0.15, 0.2) is 170 Å². The molecule has 54 heavy (non-hydrogen) atoms. The molecule has 7 aromatic carbocycles. The van der Waals surface area contributed by atoms with E-state index in [-0.39, 0.29) is 10.8 Å². The van der Waals surface area contributed by atoms with Gasteiger partial charge in [0.05, 0.1) is 22.4 Å². The zero-order valence-electron chi connectivity index (χ0n) is 32.1. The van der Waals surface area contributed by atoms with E-state index in [9.17, 15) is 0 Å². The molecule has 2 heteroatoms. The van der Waals surface area contributed by atoms with Gasteiger partial charge >= 0.3 is 0 Å². The average Bonchev–Trinajstić information content (AvgIpc) is 3.57. The van der Waals surface area contributed by atoms with Crippen molar-refractivity contribution in [2.75, 3.05) is 0 Å². The third-order valence-electron chi connectivity index (χ3n) is 11.1. The molecule has 0 amide bonds. The van der Waals surface area contributed by atoms with Gasteiger partial charge in [-0.1, -0.05) is 197 Å². The molecule has 264 valence electrons. The second-order valence-electron chi connectivity index (χ2n) is 15.6. The number of hydrogen-bond acceptors (Lipinski definition) is 2. The quantitative estimate of drug-likeness (QED) is 0.180. The predicted molar refractivity (Wildman–Crippen MR) is 228 cm³/mol. The van der Waals surface area contributed by atoms with Gasteiger partial charge in [-0.2, -0.15) is 0 Å². The summed E-state index contributed by atoms with van der Waals surface area (Å²) in [6.45, 7) is 13.6. The van der Waals surface area contributed by atoms with E-state index in [2.05, 4.69) is 151 Å². The first-order valence-corrected chi connectivity index (χ1v) is 18.9. The van der Waals surface area contributed by atoms with E-state index in [0.717, 1.165) is 33.5 Å². The van der Waals surface area contributed by atoms with Crippen molar-refractivity contribution < 1.29 is 0 Å². The molecule has 2 aliphatic rings. The van der Waals surface area contributed by atoms with Crippen molar-refractivity contribution in [2.45, 2.75) is 52.4 Å². The van der Waals surface area contributed by atoms with Gasteiger partial charge in [0.2, 0.25) is 0 Å².